The lowest BCUT2D eigenvalue weighted by Gasteiger charge is -2.38. The predicted octanol–water partition coefficient (Wildman–Crippen LogP) is 7.06. The number of benzene rings is 3. The fourth-order valence-corrected chi connectivity index (χ4v) is 4.67. The topological polar surface area (TPSA) is 47.2 Å². The van der Waals surface area contributed by atoms with Crippen molar-refractivity contribution in [1.82, 2.24) is 5.01 Å². The summed E-state index contributed by atoms with van der Waals surface area (Å²) in [5.74, 6) is 3.29. The van der Waals surface area contributed by atoms with Crippen molar-refractivity contribution in [2.75, 3.05) is 0 Å². The molecule has 0 saturated carbocycles. The van der Waals surface area contributed by atoms with Crippen LogP contribution < -0.4 is 9.47 Å². The maximum absolute atomic E-state index is 6.43. The molecule has 2 aliphatic heterocycles. The summed E-state index contributed by atoms with van der Waals surface area (Å²) in [4.78, 5) is 0. The van der Waals surface area contributed by atoms with Gasteiger partial charge in [0.15, 0.2) is 0 Å². The third-order valence-electron chi connectivity index (χ3n) is 6.19. The minimum Gasteiger partial charge on any atom is -0.489 e. The molecule has 2 unspecified atom stereocenters. The number of aryl methyl sites for hydroxylation is 1. The Kier molecular flexibility index (Phi) is 5.27. The van der Waals surface area contributed by atoms with Crippen LogP contribution in [0.25, 0.3) is 0 Å². The zero-order valence-electron chi connectivity index (χ0n) is 18.6. The lowest BCUT2D eigenvalue weighted by atomic mass is 9.97. The van der Waals surface area contributed by atoms with Crippen LogP contribution in [0.3, 0.4) is 0 Å². The van der Waals surface area contributed by atoms with Crippen LogP contribution in [-0.2, 0) is 6.61 Å². The Balaban J connectivity index is 1.29. The molecule has 3 heterocycles. The molecule has 1 aromatic heterocycles. The SMILES string of the molecule is Cc1ccc(C2=NN3C(C2)c2cc(Cl)ccc2OC3c2ccc(OCc3ccccc3)cc2)o1. The van der Waals surface area contributed by atoms with E-state index >= 15 is 0 Å². The van der Waals surface area contributed by atoms with E-state index in [2.05, 4.69) is 12.1 Å². The lowest BCUT2D eigenvalue weighted by molar-refractivity contribution is -0.0190. The first kappa shape index (κ1) is 20.9. The van der Waals surface area contributed by atoms with Gasteiger partial charge in [0, 0.05) is 22.6 Å². The van der Waals surface area contributed by atoms with Crippen LogP contribution in [0.1, 0.15) is 46.9 Å². The van der Waals surface area contributed by atoms with Crippen LogP contribution in [0.15, 0.2) is 94.4 Å². The third kappa shape index (κ3) is 3.93. The van der Waals surface area contributed by atoms with Crippen molar-refractivity contribution in [2.24, 2.45) is 5.10 Å². The van der Waals surface area contributed by atoms with Gasteiger partial charge in [-0.3, -0.25) is 0 Å². The Labute approximate surface area is 203 Å². The molecule has 0 aliphatic carbocycles. The summed E-state index contributed by atoms with van der Waals surface area (Å²) in [6, 6.07) is 27.9. The number of fused-ring (bicyclic) bond motifs is 3. The average molecular weight is 471 g/mol. The fourth-order valence-electron chi connectivity index (χ4n) is 4.49. The third-order valence-corrected chi connectivity index (χ3v) is 6.43. The lowest BCUT2D eigenvalue weighted by Crippen LogP contribution is -2.33. The van der Waals surface area contributed by atoms with Crippen molar-refractivity contribution < 1.29 is 13.9 Å². The van der Waals surface area contributed by atoms with Gasteiger partial charge < -0.3 is 13.9 Å². The van der Waals surface area contributed by atoms with Crippen molar-refractivity contribution in [2.45, 2.75) is 32.2 Å². The average Bonchev–Trinajstić information content (AvgIpc) is 3.50. The molecular formula is C28H23ClN2O3. The van der Waals surface area contributed by atoms with E-state index in [4.69, 9.17) is 30.6 Å². The molecule has 0 N–H and O–H groups in total. The highest BCUT2D eigenvalue weighted by Gasteiger charge is 2.41. The molecule has 0 fully saturated rings. The van der Waals surface area contributed by atoms with Crippen LogP contribution in [0.4, 0.5) is 0 Å². The number of ether oxygens (including phenoxy) is 2. The summed E-state index contributed by atoms with van der Waals surface area (Å²) in [6.07, 6.45) is 0.355. The van der Waals surface area contributed by atoms with Gasteiger partial charge in [0.1, 0.15) is 35.3 Å². The van der Waals surface area contributed by atoms with Gasteiger partial charge in [-0.1, -0.05) is 41.9 Å². The molecule has 5 nitrogen and oxygen atoms in total. The number of hydrazone groups is 1. The van der Waals surface area contributed by atoms with Gasteiger partial charge >= 0.3 is 0 Å². The molecule has 2 aliphatic rings. The largest absolute Gasteiger partial charge is 0.489 e. The van der Waals surface area contributed by atoms with E-state index in [-0.39, 0.29) is 12.3 Å². The van der Waals surface area contributed by atoms with E-state index in [0.29, 0.717) is 11.6 Å². The molecule has 170 valence electrons. The van der Waals surface area contributed by atoms with Crippen molar-refractivity contribution in [3.8, 4) is 11.5 Å². The van der Waals surface area contributed by atoms with Gasteiger partial charge in [-0.15, -0.1) is 0 Å². The Bertz CT molecular complexity index is 1350. The Morgan fingerprint density at radius 2 is 1.82 bits per heavy atom. The van der Waals surface area contributed by atoms with Gasteiger partial charge in [-0.2, -0.15) is 5.10 Å². The van der Waals surface area contributed by atoms with Gasteiger partial charge in [-0.25, -0.2) is 5.01 Å². The van der Waals surface area contributed by atoms with E-state index in [9.17, 15) is 0 Å². The second-order valence-electron chi connectivity index (χ2n) is 8.55. The highest BCUT2D eigenvalue weighted by Crippen LogP contribution is 2.48. The first-order chi connectivity index (χ1) is 16.6. The molecule has 3 aromatic carbocycles. The smallest absolute Gasteiger partial charge is 0.213 e. The maximum Gasteiger partial charge on any atom is 0.213 e. The van der Waals surface area contributed by atoms with E-state index in [1.807, 2.05) is 84.7 Å². The number of rotatable bonds is 5. The quantitative estimate of drug-likeness (QED) is 0.313. The molecule has 0 amide bonds. The van der Waals surface area contributed by atoms with Crippen LogP contribution in [0.2, 0.25) is 5.02 Å². The van der Waals surface area contributed by atoms with Crippen molar-refractivity contribution in [3.05, 3.63) is 118 Å². The molecule has 0 bridgehead atoms. The minimum atomic E-state index is -0.365. The zero-order chi connectivity index (χ0) is 23.1. The molecule has 2 atom stereocenters. The van der Waals surface area contributed by atoms with Crippen LogP contribution in [0, 0.1) is 6.92 Å². The highest BCUT2D eigenvalue weighted by atomic mass is 35.5. The van der Waals surface area contributed by atoms with Gasteiger partial charge in [-0.05, 0) is 67.1 Å². The molecule has 6 rings (SSSR count). The highest BCUT2D eigenvalue weighted by molar-refractivity contribution is 6.30. The monoisotopic (exact) mass is 470 g/mol. The molecule has 34 heavy (non-hydrogen) atoms. The van der Waals surface area contributed by atoms with Crippen molar-refractivity contribution in [3.63, 3.8) is 0 Å². The van der Waals surface area contributed by atoms with E-state index < -0.39 is 0 Å². The Hall–Kier alpha value is -3.70. The molecule has 0 saturated heterocycles. The standard InChI is InChI=1S/C28H23ClN2O3/c1-18-7-13-27(33-18)24-16-25-23-15-21(29)10-14-26(23)34-28(31(25)30-24)20-8-11-22(12-9-20)32-17-19-5-3-2-4-6-19/h2-15,25,28H,16-17H2,1H3. The number of hydrogen-bond acceptors (Lipinski definition) is 5. The number of furan rings is 1. The second-order valence-corrected chi connectivity index (χ2v) is 8.99. The summed E-state index contributed by atoms with van der Waals surface area (Å²) in [6.45, 7) is 2.47. The zero-order valence-corrected chi connectivity index (χ0v) is 19.4. The van der Waals surface area contributed by atoms with Crippen LogP contribution in [-0.4, -0.2) is 10.7 Å². The summed E-state index contributed by atoms with van der Waals surface area (Å²) in [5.41, 5.74) is 4.07. The molecule has 0 radical (unpaired) electrons. The summed E-state index contributed by atoms with van der Waals surface area (Å²) < 4.78 is 18.3. The van der Waals surface area contributed by atoms with Gasteiger partial charge in [0.25, 0.3) is 0 Å². The second kappa shape index (κ2) is 8.58. The first-order valence-electron chi connectivity index (χ1n) is 11.3. The number of hydrogen-bond donors (Lipinski definition) is 0. The van der Waals surface area contributed by atoms with Crippen LogP contribution >= 0.6 is 11.6 Å². The van der Waals surface area contributed by atoms with Crippen molar-refractivity contribution in [1.29, 1.82) is 0 Å². The Morgan fingerprint density at radius 1 is 1.00 bits per heavy atom. The van der Waals surface area contributed by atoms with E-state index in [1.54, 1.807) is 0 Å². The maximum atomic E-state index is 6.43. The van der Waals surface area contributed by atoms with E-state index in [0.717, 1.165) is 51.8 Å². The predicted molar refractivity (Wildman–Crippen MR) is 131 cm³/mol. The normalized spacial score (nSPS) is 18.6. The van der Waals surface area contributed by atoms with E-state index in [1.165, 1.54) is 0 Å². The molecule has 0 spiro atoms. The van der Waals surface area contributed by atoms with Gasteiger partial charge in [0.2, 0.25) is 6.23 Å². The molecule has 6 heteroatoms. The van der Waals surface area contributed by atoms with Crippen LogP contribution in [0.5, 0.6) is 11.5 Å². The van der Waals surface area contributed by atoms with Crippen molar-refractivity contribution >= 4 is 17.3 Å². The fraction of sp³-hybridized carbons (Fsp3) is 0.179. The summed E-state index contributed by atoms with van der Waals surface area (Å²) >= 11 is 6.32. The number of halogens is 1. The van der Waals surface area contributed by atoms with Gasteiger partial charge in [0.05, 0.1) is 6.04 Å². The summed E-state index contributed by atoms with van der Waals surface area (Å²) in [7, 11) is 0. The first-order valence-corrected chi connectivity index (χ1v) is 11.7. The Morgan fingerprint density at radius 3 is 2.59 bits per heavy atom. The molecule has 4 aromatic rings. The summed E-state index contributed by atoms with van der Waals surface area (Å²) in [5, 5.41) is 7.64. The minimum absolute atomic E-state index is 0.0156. The molecular weight excluding hydrogens is 448 g/mol. The number of nitrogens with zero attached hydrogens (tertiary/aromatic N) is 2.